The van der Waals surface area contributed by atoms with E-state index in [9.17, 15) is 9.90 Å². The number of aryl methyl sites for hydroxylation is 1. The molecule has 1 aliphatic carbocycles. The third-order valence-corrected chi connectivity index (χ3v) is 3.95. The lowest BCUT2D eigenvalue weighted by atomic mass is 9.93. The fourth-order valence-electron chi connectivity index (χ4n) is 2.86. The number of carbonyl (C=O) groups is 1. The first kappa shape index (κ1) is 13.1. The lowest BCUT2D eigenvalue weighted by Crippen LogP contribution is -2.39. The van der Waals surface area contributed by atoms with Crippen molar-refractivity contribution in [1.29, 1.82) is 0 Å². The van der Waals surface area contributed by atoms with E-state index in [0.717, 1.165) is 37.0 Å². The van der Waals surface area contributed by atoms with Gasteiger partial charge in [-0.2, -0.15) is 0 Å². The van der Waals surface area contributed by atoms with Crippen molar-refractivity contribution < 1.29 is 9.90 Å². The Morgan fingerprint density at radius 2 is 2.10 bits per heavy atom. The van der Waals surface area contributed by atoms with E-state index in [1.807, 2.05) is 35.7 Å². The van der Waals surface area contributed by atoms with Crippen molar-refractivity contribution in [3.05, 3.63) is 35.8 Å². The highest BCUT2D eigenvalue weighted by molar-refractivity contribution is 5.94. The van der Waals surface area contributed by atoms with E-state index in [2.05, 4.69) is 10.3 Å². The molecule has 1 fully saturated rings. The Hall–Kier alpha value is -1.88. The molecule has 0 spiro atoms. The fourth-order valence-corrected chi connectivity index (χ4v) is 2.86. The summed E-state index contributed by atoms with van der Waals surface area (Å²) in [5, 5.41) is 12.6. The fraction of sp³-hybridized carbons (Fsp3) is 0.467. The van der Waals surface area contributed by atoms with Crippen molar-refractivity contribution in [3.63, 3.8) is 0 Å². The van der Waals surface area contributed by atoms with Crippen molar-refractivity contribution in [2.75, 3.05) is 0 Å². The largest absolute Gasteiger partial charge is 0.393 e. The second-order valence-corrected chi connectivity index (χ2v) is 5.45. The van der Waals surface area contributed by atoms with Crippen LogP contribution in [-0.4, -0.2) is 32.5 Å². The molecule has 0 radical (unpaired) electrons. The molecule has 20 heavy (non-hydrogen) atoms. The first-order chi connectivity index (χ1) is 9.65. The summed E-state index contributed by atoms with van der Waals surface area (Å²) in [6, 6.07) is 5.84. The standard InChI is InChI=1S/C15H19N3O2/c1-10-14(18-9-3-2-4-13(18)16-10)15(20)17-11-5-7-12(19)8-6-11/h2-4,9,11-12,19H,5-8H2,1H3,(H,17,20). The number of aliphatic hydroxyl groups is 1. The van der Waals surface area contributed by atoms with Crippen LogP contribution in [0.25, 0.3) is 5.65 Å². The molecule has 0 aromatic carbocycles. The lowest BCUT2D eigenvalue weighted by Gasteiger charge is -2.26. The Bertz CT molecular complexity index is 627. The number of hydrogen-bond acceptors (Lipinski definition) is 3. The van der Waals surface area contributed by atoms with Crippen LogP contribution in [0, 0.1) is 6.92 Å². The number of fused-ring (bicyclic) bond motifs is 1. The van der Waals surface area contributed by atoms with Gasteiger partial charge in [0.25, 0.3) is 5.91 Å². The number of carbonyl (C=O) groups excluding carboxylic acids is 1. The van der Waals surface area contributed by atoms with Crippen LogP contribution in [0.15, 0.2) is 24.4 Å². The summed E-state index contributed by atoms with van der Waals surface area (Å²) in [7, 11) is 0. The second kappa shape index (κ2) is 5.25. The lowest BCUT2D eigenvalue weighted by molar-refractivity contribution is 0.0862. The number of nitrogens with zero attached hydrogens (tertiary/aromatic N) is 2. The van der Waals surface area contributed by atoms with Crippen LogP contribution < -0.4 is 5.32 Å². The van der Waals surface area contributed by atoms with Gasteiger partial charge < -0.3 is 10.4 Å². The molecule has 0 saturated heterocycles. The first-order valence-corrected chi connectivity index (χ1v) is 7.08. The van der Waals surface area contributed by atoms with Crippen LogP contribution in [0.3, 0.4) is 0 Å². The van der Waals surface area contributed by atoms with Crippen LogP contribution in [0.4, 0.5) is 0 Å². The first-order valence-electron chi connectivity index (χ1n) is 7.08. The summed E-state index contributed by atoms with van der Waals surface area (Å²) in [4.78, 5) is 16.9. The average molecular weight is 273 g/mol. The molecular weight excluding hydrogens is 254 g/mol. The van der Waals surface area contributed by atoms with E-state index < -0.39 is 0 Å². The van der Waals surface area contributed by atoms with Gasteiger partial charge in [-0.25, -0.2) is 4.98 Å². The number of aromatic nitrogens is 2. The molecule has 0 aliphatic heterocycles. The minimum Gasteiger partial charge on any atom is -0.393 e. The van der Waals surface area contributed by atoms with Gasteiger partial charge in [0.15, 0.2) is 0 Å². The Morgan fingerprint density at radius 3 is 2.85 bits per heavy atom. The summed E-state index contributed by atoms with van der Waals surface area (Å²) in [5.41, 5.74) is 2.13. The highest BCUT2D eigenvalue weighted by atomic mass is 16.3. The van der Waals surface area contributed by atoms with Gasteiger partial charge in [-0.15, -0.1) is 0 Å². The van der Waals surface area contributed by atoms with Gasteiger partial charge in [0.1, 0.15) is 11.3 Å². The summed E-state index contributed by atoms with van der Waals surface area (Å²) in [5.74, 6) is -0.0809. The summed E-state index contributed by atoms with van der Waals surface area (Å²) in [6.45, 7) is 1.85. The molecule has 2 heterocycles. The molecule has 2 N–H and O–H groups in total. The van der Waals surface area contributed by atoms with Crippen molar-refractivity contribution in [3.8, 4) is 0 Å². The molecule has 5 heteroatoms. The maximum Gasteiger partial charge on any atom is 0.270 e. The molecule has 106 valence electrons. The van der Waals surface area contributed by atoms with E-state index in [1.54, 1.807) is 0 Å². The Labute approximate surface area is 117 Å². The number of nitrogens with one attached hydrogen (secondary N) is 1. The van der Waals surface area contributed by atoms with Gasteiger partial charge in [0.05, 0.1) is 11.8 Å². The smallest absolute Gasteiger partial charge is 0.270 e. The molecule has 0 atom stereocenters. The number of pyridine rings is 1. The molecule has 1 saturated carbocycles. The second-order valence-electron chi connectivity index (χ2n) is 5.45. The summed E-state index contributed by atoms with van der Waals surface area (Å²) < 4.78 is 1.82. The molecule has 2 aromatic heterocycles. The Kier molecular flexibility index (Phi) is 3.44. The number of imidazole rings is 1. The molecule has 5 nitrogen and oxygen atoms in total. The molecule has 2 aromatic rings. The van der Waals surface area contributed by atoms with Gasteiger partial charge >= 0.3 is 0 Å². The molecule has 3 rings (SSSR count). The zero-order valence-electron chi connectivity index (χ0n) is 11.5. The maximum absolute atomic E-state index is 12.5. The van der Waals surface area contributed by atoms with E-state index in [0.29, 0.717) is 5.69 Å². The van der Waals surface area contributed by atoms with E-state index in [1.165, 1.54) is 0 Å². The van der Waals surface area contributed by atoms with Crippen LogP contribution in [0.2, 0.25) is 0 Å². The molecule has 1 amide bonds. The number of hydrogen-bond donors (Lipinski definition) is 2. The number of aliphatic hydroxyl groups excluding tert-OH is 1. The molecular formula is C15H19N3O2. The zero-order valence-corrected chi connectivity index (χ0v) is 11.5. The Morgan fingerprint density at radius 1 is 1.35 bits per heavy atom. The summed E-state index contributed by atoms with van der Waals surface area (Å²) >= 11 is 0. The topological polar surface area (TPSA) is 66.6 Å². The molecule has 1 aliphatic rings. The van der Waals surface area contributed by atoms with Crippen LogP contribution in [0.5, 0.6) is 0 Å². The van der Waals surface area contributed by atoms with Gasteiger partial charge in [-0.3, -0.25) is 9.20 Å². The van der Waals surface area contributed by atoms with E-state index >= 15 is 0 Å². The van der Waals surface area contributed by atoms with Gasteiger partial charge in [0, 0.05) is 12.2 Å². The predicted octanol–water partition coefficient (Wildman–Crippen LogP) is 1.68. The van der Waals surface area contributed by atoms with E-state index in [4.69, 9.17) is 0 Å². The maximum atomic E-state index is 12.5. The van der Waals surface area contributed by atoms with Crippen LogP contribution in [-0.2, 0) is 0 Å². The van der Waals surface area contributed by atoms with Gasteiger partial charge in [-0.05, 0) is 44.7 Å². The average Bonchev–Trinajstić information content (AvgIpc) is 2.77. The zero-order chi connectivity index (χ0) is 14.1. The summed E-state index contributed by atoms with van der Waals surface area (Å²) in [6.07, 6.45) is 4.84. The molecule has 0 unspecified atom stereocenters. The highest BCUT2D eigenvalue weighted by Gasteiger charge is 2.23. The molecule has 0 bridgehead atoms. The highest BCUT2D eigenvalue weighted by Crippen LogP contribution is 2.19. The SMILES string of the molecule is Cc1nc2ccccn2c1C(=O)NC1CCC(O)CC1. The number of amides is 1. The minimum absolute atomic E-state index is 0.0809. The van der Waals surface area contributed by atoms with Crippen LogP contribution >= 0.6 is 0 Å². The van der Waals surface area contributed by atoms with Gasteiger partial charge in [0.2, 0.25) is 0 Å². The Balaban J connectivity index is 1.80. The van der Waals surface area contributed by atoms with Gasteiger partial charge in [-0.1, -0.05) is 6.07 Å². The normalized spacial score (nSPS) is 22.9. The third kappa shape index (κ3) is 2.41. The predicted molar refractivity (Wildman–Crippen MR) is 75.7 cm³/mol. The number of rotatable bonds is 2. The van der Waals surface area contributed by atoms with Crippen molar-refractivity contribution in [2.45, 2.75) is 44.8 Å². The van der Waals surface area contributed by atoms with Crippen molar-refractivity contribution in [1.82, 2.24) is 14.7 Å². The minimum atomic E-state index is -0.208. The third-order valence-electron chi connectivity index (χ3n) is 3.95. The van der Waals surface area contributed by atoms with Crippen LogP contribution in [0.1, 0.15) is 41.9 Å². The van der Waals surface area contributed by atoms with E-state index in [-0.39, 0.29) is 18.1 Å². The quantitative estimate of drug-likeness (QED) is 0.874. The van der Waals surface area contributed by atoms with Crippen molar-refractivity contribution >= 4 is 11.6 Å². The van der Waals surface area contributed by atoms with Crippen molar-refractivity contribution in [2.24, 2.45) is 0 Å². The monoisotopic (exact) mass is 273 g/mol.